The number of benzene rings is 1. The zero-order chi connectivity index (χ0) is 21.0. The van der Waals surface area contributed by atoms with Crippen molar-refractivity contribution in [2.45, 2.75) is 72.1 Å². The van der Waals surface area contributed by atoms with Crippen molar-refractivity contribution in [3.63, 3.8) is 0 Å². The molecule has 3 N–H and O–H groups in total. The number of carbonyl (C=O) groups is 3. The van der Waals surface area contributed by atoms with E-state index in [9.17, 15) is 19.5 Å². The lowest BCUT2D eigenvalue weighted by molar-refractivity contribution is -0.136. The van der Waals surface area contributed by atoms with Gasteiger partial charge in [0.05, 0.1) is 12.1 Å². The molecule has 0 unspecified atom stereocenters. The highest BCUT2D eigenvalue weighted by atomic mass is 16.3. The van der Waals surface area contributed by atoms with Gasteiger partial charge in [-0.05, 0) is 63.8 Å². The molecule has 2 aliphatic rings. The molecule has 8 heteroatoms. The van der Waals surface area contributed by atoms with Gasteiger partial charge in [-0.3, -0.25) is 24.7 Å². The molecule has 8 nitrogen and oxygen atoms in total. The highest BCUT2D eigenvalue weighted by Crippen LogP contribution is 2.26. The molecule has 0 aliphatic carbocycles. The van der Waals surface area contributed by atoms with E-state index in [2.05, 4.69) is 10.6 Å². The Morgan fingerprint density at radius 2 is 1.46 bits per heavy atom. The molecule has 0 saturated carbocycles. The number of urea groups is 1. The number of nitrogens with one attached hydrogen (secondary N) is 2. The monoisotopic (exact) mass is 388 g/mol. The summed E-state index contributed by atoms with van der Waals surface area (Å²) < 4.78 is 0. The molecule has 1 aromatic rings. The van der Waals surface area contributed by atoms with Gasteiger partial charge in [-0.15, -0.1) is 0 Å². The second-order valence-electron chi connectivity index (χ2n) is 8.73. The van der Waals surface area contributed by atoms with Crippen molar-refractivity contribution in [3.05, 3.63) is 34.4 Å². The van der Waals surface area contributed by atoms with Gasteiger partial charge in [-0.25, -0.2) is 4.79 Å². The van der Waals surface area contributed by atoms with Crippen LogP contribution >= 0.6 is 0 Å². The topological polar surface area (TPSA) is 102 Å². The summed E-state index contributed by atoms with van der Waals surface area (Å²) in [6, 6.07) is 3.48. The Morgan fingerprint density at radius 3 is 1.89 bits per heavy atom. The van der Waals surface area contributed by atoms with Crippen LogP contribution < -0.4 is 10.6 Å². The number of aliphatic hydroxyl groups excluding tert-OH is 1. The molecule has 2 aliphatic heterocycles. The van der Waals surface area contributed by atoms with Gasteiger partial charge < -0.3 is 10.4 Å². The average Bonchev–Trinajstić information content (AvgIpc) is 2.88. The number of carbonyl (C=O) groups excluding carboxylic acids is 3. The summed E-state index contributed by atoms with van der Waals surface area (Å²) >= 11 is 0. The summed E-state index contributed by atoms with van der Waals surface area (Å²) in [7, 11) is 0. The average molecular weight is 388 g/mol. The van der Waals surface area contributed by atoms with Gasteiger partial charge in [0, 0.05) is 6.54 Å². The lowest BCUT2D eigenvalue weighted by Gasteiger charge is -2.23. The summed E-state index contributed by atoms with van der Waals surface area (Å²) in [5.41, 5.74) is 1.92. The van der Waals surface area contributed by atoms with Gasteiger partial charge in [0.2, 0.25) is 5.91 Å². The molecular formula is C20H28N4O4. The third kappa shape index (κ3) is 3.38. The van der Waals surface area contributed by atoms with Gasteiger partial charge in [-0.2, -0.15) is 0 Å². The zero-order valence-electron chi connectivity index (χ0n) is 17.2. The normalized spacial score (nSPS) is 23.5. The number of nitrogens with zero attached hydrogens (tertiary/aromatic N) is 2. The summed E-state index contributed by atoms with van der Waals surface area (Å²) in [6.07, 6.45) is -1.03. The molecule has 0 radical (unpaired) electrons. The Kier molecular flexibility index (Phi) is 4.75. The molecule has 0 aromatic heterocycles. The van der Waals surface area contributed by atoms with Crippen LogP contribution in [0.2, 0.25) is 0 Å². The number of amides is 4. The molecule has 2 heterocycles. The van der Waals surface area contributed by atoms with E-state index in [-0.39, 0.29) is 24.9 Å². The summed E-state index contributed by atoms with van der Waals surface area (Å²) in [5.74, 6) is -0.416. The van der Waals surface area contributed by atoms with Crippen molar-refractivity contribution in [2.75, 3.05) is 0 Å². The highest BCUT2D eigenvalue weighted by molar-refractivity contribution is 6.06. The van der Waals surface area contributed by atoms with E-state index in [1.807, 2.05) is 26.0 Å². The van der Waals surface area contributed by atoms with Crippen molar-refractivity contribution < 1.29 is 19.5 Å². The number of hydrogen-bond donors (Lipinski definition) is 3. The van der Waals surface area contributed by atoms with E-state index >= 15 is 0 Å². The van der Waals surface area contributed by atoms with E-state index in [0.29, 0.717) is 0 Å². The first kappa shape index (κ1) is 20.3. The number of aliphatic hydroxyl groups is 1. The standard InChI is InChI=1S/C20H28N4O4/c1-11-7-14(10-24-16(26)20(5,6)22-18(24)28)12(2)8-13(11)9-23-15(25)19(3,4)21-17(23)27/h7-8,17,21,27H,9-10H2,1-6H3,(H,22,28)/t17-/m0/s1. The van der Waals surface area contributed by atoms with Crippen molar-refractivity contribution in [3.8, 4) is 0 Å². The molecule has 0 spiro atoms. The second-order valence-corrected chi connectivity index (χ2v) is 8.73. The first-order valence-corrected chi connectivity index (χ1v) is 9.33. The third-order valence-electron chi connectivity index (χ3n) is 5.49. The molecule has 1 atom stereocenters. The number of hydrogen-bond acceptors (Lipinski definition) is 5. The van der Waals surface area contributed by atoms with Gasteiger partial charge in [0.15, 0.2) is 6.35 Å². The minimum Gasteiger partial charge on any atom is -0.361 e. The maximum atomic E-state index is 12.5. The van der Waals surface area contributed by atoms with E-state index < -0.39 is 23.5 Å². The van der Waals surface area contributed by atoms with Gasteiger partial charge >= 0.3 is 6.03 Å². The predicted octanol–water partition coefficient (Wildman–Crippen LogP) is 1.12. The van der Waals surface area contributed by atoms with Crippen LogP contribution in [0.3, 0.4) is 0 Å². The Balaban J connectivity index is 1.81. The van der Waals surface area contributed by atoms with Crippen LogP contribution in [0, 0.1) is 13.8 Å². The van der Waals surface area contributed by atoms with Crippen LogP contribution in [-0.4, -0.2) is 50.2 Å². The Bertz CT molecular complexity index is 862. The van der Waals surface area contributed by atoms with Crippen molar-refractivity contribution >= 4 is 17.8 Å². The molecule has 152 valence electrons. The summed E-state index contributed by atoms with van der Waals surface area (Å²) in [6.45, 7) is 11.1. The predicted molar refractivity (Wildman–Crippen MR) is 103 cm³/mol. The van der Waals surface area contributed by atoms with E-state index in [0.717, 1.165) is 22.3 Å². The Hall–Kier alpha value is -2.45. The van der Waals surface area contributed by atoms with Crippen molar-refractivity contribution in [1.82, 2.24) is 20.4 Å². The lowest BCUT2D eigenvalue weighted by Crippen LogP contribution is -2.41. The fourth-order valence-corrected chi connectivity index (χ4v) is 3.68. The van der Waals surface area contributed by atoms with Crippen LogP contribution in [0.25, 0.3) is 0 Å². The summed E-state index contributed by atoms with van der Waals surface area (Å²) in [4.78, 5) is 39.7. The maximum absolute atomic E-state index is 12.5. The largest absolute Gasteiger partial charge is 0.361 e. The quantitative estimate of drug-likeness (QED) is 0.671. The van der Waals surface area contributed by atoms with Crippen LogP contribution in [0.1, 0.15) is 49.9 Å². The number of aryl methyl sites for hydroxylation is 2. The van der Waals surface area contributed by atoms with E-state index in [1.165, 1.54) is 9.80 Å². The molecule has 2 fully saturated rings. The van der Waals surface area contributed by atoms with Gasteiger partial charge in [-0.1, -0.05) is 12.1 Å². The summed E-state index contributed by atoms with van der Waals surface area (Å²) in [5, 5.41) is 15.7. The Morgan fingerprint density at radius 1 is 0.929 bits per heavy atom. The van der Waals surface area contributed by atoms with E-state index in [4.69, 9.17) is 0 Å². The lowest BCUT2D eigenvalue weighted by atomic mass is 9.98. The molecule has 3 rings (SSSR count). The highest BCUT2D eigenvalue weighted by Gasteiger charge is 2.45. The smallest absolute Gasteiger partial charge is 0.325 e. The van der Waals surface area contributed by atoms with Gasteiger partial charge in [0.1, 0.15) is 5.54 Å². The molecule has 28 heavy (non-hydrogen) atoms. The Labute approximate surface area is 164 Å². The first-order valence-electron chi connectivity index (χ1n) is 9.33. The van der Waals surface area contributed by atoms with Crippen LogP contribution in [0.4, 0.5) is 4.79 Å². The van der Waals surface area contributed by atoms with Crippen LogP contribution in [0.15, 0.2) is 12.1 Å². The molecule has 2 saturated heterocycles. The first-order chi connectivity index (χ1) is 12.8. The van der Waals surface area contributed by atoms with Crippen molar-refractivity contribution in [2.24, 2.45) is 0 Å². The second kappa shape index (κ2) is 6.56. The van der Waals surface area contributed by atoms with Crippen LogP contribution in [-0.2, 0) is 22.7 Å². The minimum atomic E-state index is -1.03. The SMILES string of the molecule is Cc1cc(CN2C(=O)C(C)(C)N[C@@H]2O)c(C)cc1CN1C(=O)NC(C)(C)C1=O. The maximum Gasteiger partial charge on any atom is 0.325 e. The molecular weight excluding hydrogens is 360 g/mol. The number of imide groups is 1. The van der Waals surface area contributed by atoms with Crippen molar-refractivity contribution in [1.29, 1.82) is 0 Å². The van der Waals surface area contributed by atoms with Crippen LogP contribution in [0.5, 0.6) is 0 Å². The number of rotatable bonds is 4. The zero-order valence-corrected chi connectivity index (χ0v) is 17.2. The fourth-order valence-electron chi connectivity index (χ4n) is 3.68. The molecule has 0 bridgehead atoms. The minimum absolute atomic E-state index is 0.164. The molecule has 4 amide bonds. The van der Waals surface area contributed by atoms with Gasteiger partial charge in [0.25, 0.3) is 5.91 Å². The van der Waals surface area contributed by atoms with E-state index in [1.54, 1.807) is 27.7 Å². The molecule has 1 aromatic carbocycles. The third-order valence-corrected chi connectivity index (χ3v) is 5.49. The fraction of sp³-hybridized carbons (Fsp3) is 0.550.